The molecule has 1 aliphatic carbocycles. The van der Waals surface area contributed by atoms with Gasteiger partial charge in [-0.25, -0.2) is 4.39 Å². The number of ether oxygens (including phenoxy) is 1. The van der Waals surface area contributed by atoms with Gasteiger partial charge in [0.05, 0.1) is 6.61 Å². The van der Waals surface area contributed by atoms with Crippen LogP contribution in [0.4, 0.5) is 4.39 Å². The monoisotopic (exact) mass is 183 g/mol. The van der Waals surface area contributed by atoms with Crippen LogP contribution in [0.5, 0.6) is 5.88 Å². The van der Waals surface area contributed by atoms with Crippen molar-refractivity contribution >= 4 is 0 Å². The van der Waals surface area contributed by atoms with Gasteiger partial charge in [0.25, 0.3) is 0 Å². The first-order chi connectivity index (χ1) is 6.29. The van der Waals surface area contributed by atoms with Gasteiger partial charge in [0.1, 0.15) is 0 Å². The summed E-state index contributed by atoms with van der Waals surface area (Å²) in [5.41, 5.74) is 0.892. The lowest BCUT2D eigenvalue weighted by Gasteiger charge is -2.01. The largest absolute Gasteiger partial charge is 0.477 e. The van der Waals surface area contributed by atoms with Gasteiger partial charge >= 0.3 is 0 Å². The Morgan fingerprint density at radius 3 is 2.92 bits per heavy atom. The number of halogens is 1. The van der Waals surface area contributed by atoms with Crippen LogP contribution in [0.2, 0.25) is 0 Å². The van der Waals surface area contributed by atoms with Gasteiger partial charge in [-0.3, -0.25) is 0 Å². The van der Waals surface area contributed by atoms with Crippen molar-refractivity contribution in [2.24, 2.45) is 5.92 Å². The van der Waals surface area contributed by atoms with Crippen molar-refractivity contribution in [1.82, 2.24) is 4.98 Å². The predicted molar refractivity (Wildman–Crippen MR) is 48.3 cm³/mol. The summed E-state index contributed by atoms with van der Waals surface area (Å²) in [5, 5.41) is 0. The van der Waals surface area contributed by atoms with Crippen LogP contribution in [0, 0.1) is 11.7 Å². The highest BCUT2D eigenvalue weighted by Gasteiger charge is 2.22. The van der Waals surface area contributed by atoms with Gasteiger partial charge in [-0.2, -0.15) is 0 Å². The first kappa shape index (κ1) is 8.60. The number of aromatic amines is 1. The van der Waals surface area contributed by atoms with Crippen LogP contribution in [0.15, 0.2) is 6.07 Å². The normalized spacial score (nSPS) is 16.2. The summed E-state index contributed by atoms with van der Waals surface area (Å²) in [5.74, 6) is 0.703. The Morgan fingerprint density at radius 2 is 2.38 bits per heavy atom. The summed E-state index contributed by atoms with van der Waals surface area (Å²) in [6, 6.07) is 1.50. The van der Waals surface area contributed by atoms with Crippen molar-refractivity contribution in [2.75, 3.05) is 6.61 Å². The third kappa shape index (κ3) is 2.02. The number of H-pyrrole nitrogens is 1. The average molecular weight is 183 g/mol. The number of rotatable bonds is 4. The maximum atomic E-state index is 13.1. The Morgan fingerprint density at radius 1 is 1.62 bits per heavy atom. The Hall–Kier alpha value is -0.990. The molecule has 0 spiro atoms. The molecule has 0 radical (unpaired) electrons. The molecular formula is C10H14FNO. The molecule has 1 aliphatic rings. The first-order valence-electron chi connectivity index (χ1n) is 4.79. The van der Waals surface area contributed by atoms with E-state index < -0.39 is 0 Å². The number of aromatic nitrogens is 1. The lowest BCUT2D eigenvalue weighted by Crippen LogP contribution is -2.00. The molecule has 1 saturated carbocycles. The van der Waals surface area contributed by atoms with E-state index in [0.29, 0.717) is 18.4 Å². The smallest absolute Gasteiger partial charge is 0.228 e. The summed E-state index contributed by atoms with van der Waals surface area (Å²) < 4.78 is 18.4. The predicted octanol–water partition coefficient (Wildman–Crippen LogP) is 2.50. The van der Waals surface area contributed by atoms with Gasteiger partial charge in [-0.1, -0.05) is 6.92 Å². The summed E-state index contributed by atoms with van der Waals surface area (Å²) in [6.07, 6.45) is 3.26. The van der Waals surface area contributed by atoms with E-state index in [1.807, 2.05) is 6.92 Å². The lowest BCUT2D eigenvalue weighted by atomic mass is 10.3. The third-order valence-corrected chi connectivity index (χ3v) is 2.33. The Kier molecular flexibility index (Phi) is 2.25. The summed E-state index contributed by atoms with van der Waals surface area (Å²) in [4.78, 5) is 2.92. The molecule has 0 bridgehead atoms. The van der Waals surface area contributed by atoms with E-state index in [2.05, 4.69) is 4.98 Å². The number of aryl methyl sites for hydroxylation is 1. The SMILES string of the molecule is CCc1cc(F)c(OCC2CC2)[nH]1. The molecule has 2 rings (SSSR count). The highest BCUT2D eigenvalue weighted by Crippen LogP contribution is 2.30. The molecule has 0 aromatic carbocycles. The van der Waals surface area contributed by atoms with Gasteiger partial charge in [0, 0.05) is 5.69 Å². The van der Waals surface area contributed by atoms with Crippen LogP contribution in [-0.4, -0.2) is 11.6 Å². The first-order valence-corrected chi connectivity index (χ1v) is 4.79. The van der Waals surface area contributed by atoms with Gasteiger partial charge in [-0.15, -0.1) is 0 Å². The Labute approximate surface area is 77.1 Å². The van der Waals surface area contributed by atoms with Crippen LogP contribution in [0.1, 0.15) is 25.5 Å². The van der Waals surface area contributed by atoms with Crippen molar-refractivity contribution in [3.8, 4) is 5.88 Å². The van der Waals surface area contributed by atoms with E-state index >= 15 is 0 Å². The zero-order valence-electron chi connectivity index (χ0n) is 7.77. The van der Waals surface area contributed by atoms with E-state index in [9.17, 15) is 4.39 Å². The molecule has 0 saturated heterocycles. The summed E-state index contributed by atoms with van der Waals surface area (Å²) >= 11 is 0. The van der Waals surface area contributed by atoms with Crippen molar-refractivity contribution in [1.29, 1.82) is 0 Å². The van der Waals surface area contributed by atoms with Crippen LogP contribution in [0.3, 0.4) is 0 Å². The molecule has 1 fully saturated rings. The molecule has 13 heavy (non-hydrogen) atoms. The molecule has 72 valence electrons. The quantitative estimate of drug-likeness (QED) is 0.762. The minimum absolute atomic E-state index is 0.266. The minimum Gasteiger partial charge on any atom is -0.477 e. The van der Waals surface area contributed by atoms with Gasteiger partial charge in [0.2, 0.25) is 5.88 Å². The molecule has 0 atom stereocenters. The fraction of sp³-hybridized carbons (Fsp3) is 0.600. The second kappa shape index (κ2) is 3.40. The minimum atomic E-state index is -0.266. The highest BCUT2D eigenvalue weighted by molar-refractivity contribution is 5.20. The molecule has 1 aromatic heterocycles. The van der Waals surface area contributed by atoms with Crippen LogP contribution < -0.4 is 4.74 Å². The maximum absolute atomic E-state index is 13.1. The standard InChI is InChI=1S/C10H14FNO/c1-2-8-5-9(11)10(12-8)13-6-7-3-4-7/h5,7,12H,2-4,6H2,1H3. The third-order valence-electron chi connectivity index (χ3n) is 2.33. The average Bonchev–Trinajstić information content (AvgIpc) is 2.88. The van der Waals surface area contributed by atoms with E-state index in [0.717, 1.165) is 12.1 Å². The molecular weight excluding hydrogens is 169 g/mol. The lowest BCUT2D eigenvalue weighted by molar-refractivity contribution is 0.276. The van der Waals surface area contributed by atoms with E-state index in [1.165, 1.54) is 18.9 Å². The number of hydrogen-bond acceptors (Lipinski definition) is 1. The van der Waals surface area contributed by atoms with Crippen molar-refractivity contribution in [3.05, 3.63) is 17.6 Å². The zero-order valence-corrected chi connectivity index (χ0v) is 7.77. The molecule has 1 heterocycles. The van der Waals surface area contributed by atoms with Gasteiger partial charge < -0.3 is 9.72 Å². The van der Waals surface area contributed by atoms with Gasteiger partial charge in [-0.05, 0) is 31.2 Å². The van der Waals surface area contributed by atoms with Gasteiger partial charge in [0.15, 0.2) is 5.82 Å². The van der Waals surface area contributed by atoms with E-state index in [4.69, 9.17) is 4.74 Å². The van der Waals surface area contributed by atoms with Crippen LogP contribution in [0.25, 0.3) is 0 Å². The van der Waals surface area contributed by atoms with Crippen molar-refractivity contribution in [3.63, 3.8) is 0 Å². The number of nitrogens with one attached hydrogen (secondary N) is 1. The molecule has 2 nitrogen and oxygen atoms in total. The molecule has 0 amide bonds. The number of hydrogen-bond donors (Lipinski definition) is 1. The topological polar surface area (TPSA) is 25.0 Å². The van der Waals surface area contributed by atoms with E-state index in [-0.39, 0.29) is 5.82 Å². The second-order valence-electron chi connectivity index (χ2n) is 3.58. The Bertz CT molecular complexity index is 291. The Balaban J connectivity index is 1.96. The van der Waals surface area contributed by atoms with Crippen molar-refractivity contribution < 1.29 is 9.13 Å². The molecule has 0 aliphatic heterocycles. The van der Waals surface area contributed by atoms with Crippen LogP contribution in [-0.2, 0) is 6.42 Å². The summed E-state index contributed by atoms with van der Waals surface area (Å²) in [6.45, 7) is 2.64. The molecule has 3 heteroatoms. The second-order valence-corrected chi connectivity index (χ2v) is 3.58. The van der Waals surface area contributed by atoms with E-state index in [1.54, 1.807) is 0 Å². The summed E-state index contributed by atoms with van der Waals surface area (Å²) in [7, 11) is 0. The van der Waals surface area contributed by atoms with Crippen LogP contribution >= 0.6 is 0 Å². The molecule has 0 unspecified atom stereocenters. The maximum Gasteiger partial charge on any atom is 0.228 e. The fourth-order valence-corrected chi connectivity index (χ4v) is 1.24. The van der Waals surface area contributed by atoms with Crippen molar-refractivity contribution in [2.45, 2.75) is 26.2 Å². The highest BCUT2D eigenvalue weighted by atomic mass is 19.1. The molecule has 1 N–H and O–H groups in total. The fourth-order valence-electron chi connectivity index (χ4n) is 1.24. The molecule has 1 aromatic rings. The zero-order chi connectivity index (χ0) is 9.26.